The van der Waals surface area contributed by atoms with Gasteiger partial charge in [-0.05, 0) is 30.0 Å². The summed E-state index contributed by atoms with van der Waals surface area (Å²) in [6.45, 7) is -2.78. The Hall–Kier alpha value is -1.16. The van der Waals surface area contributed by atoms with E-state index in [9.17, 15) is 8.78 Å². The maximum atomic E-state index is 12.0. The third-order valence-electron chi connectivity index (χ3n) is 3.85. The molecule has 2 nitrogen and oxygen atoms in total. The molecule has 4 heteroatoms. The van der Waals surface area contributed by atoms with Crippen LogP contribution in [0.2, 0.25) is 0 Å². The van der Waals surface area contributed by atoms with Crippen LogP contribution < -0.4 is 10.5 Å². The molecule has 106 valence electrons. The molecule has 1 fully saturated rings. The largest absolute Gasteiger partial charge is 0.435 e. The van der Waals surface area contributed by atoms with Gasteiger partial charge in [0.2, 0.25) is 0 Å². The van der Waals surface area contributed by atoms with E-state index in [1.54, 1.807) is 24.3 Å². The smallest absolute Gasteiger partial charge is 0.387 e. The van der Waals surface area contributed by atoms with Crippen molar-refractivity contribution in [1.82, 2.24) is 0 Å². The summed E-state index contributed by atoms with van der Waals surface area (Å²) in [6, 6.07) is 6.67. The van der Waals surface area contributed by atoms with Gasteiger partial charge in [-0.2, -0.15) is 8.78 Å². The molecular formula is C15H21F2NO. The molecule has 0 radical (unpaired) electrons. The predicted octanol–water partition coefficient (Wildman–Crippen LogP) is 4.26. The van der Waals surface area contributed by atoms with Gasteiger partial charge in [0.15, 0.2) is 0 Å². The summed E-state index contributed by atoms with van der Waals surface area (Å²) in [5.74, 6) is 0.893. The van der Waals surface area contributed by atoms with Gasteiger partial charge in [-0.15, -0.1) is 0 Å². The number of hydrogen-bond acceptors (Lipinski definition) is 2. The van der Waals surface area contributed by atoms with Crippen molar-refractivity contribution in [2.24, 2.45) is 11.7 Å². The number of ether oxygens (including phenoxy) is 1. The maximum absolute atomic E-state index is 12.0. The lowest BCUT2D eigenvalue weighted by molar-refractivity contribution is -0.0498. The molecule has 2 N–H and O–H groups in total. The summed E-state index contributed by atoms with van der Waals surface area (Å²) < 4.78 is 28.4. The number of alkyl halides is 2. The first kappa shape index (κ1) is 14.3. The van der Waals surface area contributed by atoms with Crippen LogP contribution in [0.25, 0.3) is 0 Å². The second kappa shape index (κ2) is 6.85. The Labute approximate surface area is 112 Å². The Morgan fingerprint density at radius 3 is 2.32 bits per heavy atom. The quantitative estimate of drug-likeness (QED) is 0.867. The van der Waals surface area contributed by atoms with Crippen molar-refractivity contribution < 1.29 is 13.5 Å². The molecule has 1 unspecified atom stereocenters. The van der Waals surface area contributed by atoms with Gasteiger partial charge < -0.3 is 10.5 Å². The number of benzene rings is 1. The normalized spacial score (nSPS) is 18.5. The molecule has 1 aromatic carbocycles. The average molecular weight is 269 g/mol. The molecule has 0 saturated heterocycles. The molecule has 1 atom stereocenters. The van der Waals surface area contributed by atoms with E-state index in [1.165, 1.54) is 32.1 Å². The summed E-state index contributed by atoms with van der Waals surface area (Å²) in [6.07, 6.45) is 7.46. The van der Waals surface area contributed by atoms with E-state index in [1.807, 2.05) is 0 Å². The second-order valence-corrected chi connectivity index (χ2v) is 5.29. The van der Waals surface area contributed by atoms with E-state index in [0.29, 0.717) is 5.92 Å². The van der Waals surface area contributed by atoms with Gasteiger partial charge in [-0.3, -0.25) is 0 Å². The van der Waals surface area contributed by atoms with Crippen LogP contribution in [0.15, 0.2) is 24.3 Å². The molecule has 1 aliphatic carbocycles. The van der Waals surface area contributed by atoms with Gasteiger partial charge in [-0.25, -0.2) is 0 Å². The Kier molecular flexibility index (Phi) is 5.14. The van der Waals surface area contributed by atoms with Gasteiger partial charge >= 0.3 is 6.61 Å². The first-order valence-corrected chi connectivity index (χ1v) is 6.95. The summed E-state index contributed by atoms with van der Waals surface area (Å²) >= 11 is 0. The van der Waals surface area contributed by atoms with Crippen LogP contribution in [-0.2, 0) is 0 Å². The van der Waals surface area contributed by atoms with E-state index < -0.39 is 6.61 Å². The molecule has 19 heavy (non-hydrogen) atoms. The van der Waals surface area contributed by atoms with Gasteiger partial charge in [0.05, 0.1) is 0 Å². The van der Waals surface area contributed by atoms with Crippen LogP contribution in [0.3, 0.4) is 0 Å². The number of halogens is 2. The molecule has 0 spiro atoms. The SMILES string of the molecule is NC(CC1CCCCC1)c1ccc(OC(F)F)cc1. The molecule has 0 heterocycles. The van der Waals surface area contributed by atoms with Crippen molar-refractivity contribution in [2.45, 2.75) is 51.2 Å². The molecule has 1 aliphatic rings. The van der Waals surface area contributed by atoms with Crippen molar-refractivity contribution in [3.05, 3.63) is 29.8 Å². The minimum atomic E-state index is -2.78. The standard InChI is InChI=1S/C15H21F2NO/c16-15(17)19-13-8-6-12(7-9-13)14(18)10-11-4-2-1-3-5-11/h6-9,11,14-15H,1-5,10,18H2. The number of rotatable bonds is 5. The zero-order chi connectivity index (χ0) is 13.7. The van der Waals surface area contributed by atoms with Gasteiger partial charge in [0.25, 0.3) is 0 Å². The van der Waals surface area contributed by atoms with E-state index in [2.05, 4.69) is 4.74 Å². The highest BCUT2D eigenvalue weighted by atomic mass is 19.3. The Morgan fingerprint density at radius 1 is 1.11 bits per heavy atom. The Morgan fingerprint density at radius 2 is 1.74 bits per heavy atom. The minimum Gasteiger partial charge on any atom is -0.435 e. The van der Waals surface area contributed by atoms with Crippen LogP contribution in [0, 0.1) is 5.92 Å². The molecule has 0 aliphatic heterocycles. The summed E-state index contributed by atoms with van der Waals surface area (Å²) in [5.41, 5.74) is 7.18. The van der Waals surface area contributed by atoms with Crippen LogP contribution >= 0.6 is 0 Å². The third-order valence-corrected chi connectivity index (χ3v) is 3.85. The summed E-state index contributed by atoms with van der Waals surface area (Å²) in [7, 11) is 0. The van der Waals surface area contributed by atoms with Crippen molar-refractivity contribution in [3.8, 4) is 5.75 Å². The van der Waals surface area contributed by atoms with E-state index in [-0.39, 0.29) is 11.8 Å². The van der Waals surface area contributed by atoms with E-state index in [0.717, 1.165) is 12.0 Å². The van der Waals surface area contributed by atoms with Crippen molar-refractivity contribution in [3.63, 3.8) is 0 Å². The monoisotopic (exact) mass is 269 g/mol. The topological polar surface area (TPSA) is 35.2 Å². The molecule has 0 aromatic heterocycles. The highest BCUT2D eigenvalue weighted by Crippen LogP contribution is 2.31. The number of nitrogens with two attached hydrogens (primary N) is 1. The zero-order valence-electron chi connectivity index (χ0n) is 11.0. The number of hydrogen-bond donors (Lipinski definition) is 1. The first-order valence-electron chi connectivity index (χ1n) is 6.95. The zero-order valence-corrected chi connectivity index (χ0v) is 11.0. The third kappa shape index (κ3) is 4.46. The molecular weight excluding hydrogens is 248 g/mol. The molecule has 1 aromatic rings. The van der Waals surface area contributed by atoms with Crippen LogP contribution in [0.4, 0.5) is 8.78 Å². The lowest BCUT2D eigenvalue weighted by atomic mass is 9.83. The highest BCUT2D eigenvalue weighted by molar-refractivity contribution is 5.29. The van der Waals surface area contributed by atoms with Gasteiger partial charge in [0, 0.05) is 6.04 Å². The van der Waals surface area contributed by atoms with Crippen molar-refractivity contribution in [2.75, 3.05) is 0 Å². The fraction of sp³-hybridized carbons (Fsp3) is 0.600. The van der Waals surface area contributed by atoms with E-state index in [4.69, 9.17) is 5.73 Å². The van der Waals surface area contributed by atoms with Crippen molar-refractivity contribution >= 4 is 0 Å². The summed E-state index contributed by atoms with van der Waals surface area (Å²) in [4.78, 5) is 0. The maximum Gasteiger partial charge on any atom is 0.387 e. The fourth-order valence-electron chi connectivity index (χ4n) is 2.81. The highest BCUT2D eigenvalue weighted by Gasteiger charge is 2.17. The van der Waals surface area contributed by atoms with Gasteiger partial charge in [-0.1, -0.05) is 44.2 Å². The minimum absolute atomic E-state index is 0.0105. The van der Waals surface area contributed by atoms with Crippen LogP contribution in [0.1, 0.15) is 50.1 Å². The second-order valence-electron chi connectivity index (χ2n) is 5.29. The predicted molar refractivity (Wildman–Crippen MR) is 71.2 cm³/mol. The van der Waals surface area contributed by atoms with Crippen LogP contribution in [0.5, 0.6) is 5.75 Å². The van der Waals surface area contributed by atoms with Gasteiger partial charge in [0.1, 0.15) is 5.75 Å². The lowest BCUT2D eigenvalue weighted by Gasteiger charge is -2.24. The van der Waals surface area contributed by atoms with E-state index >= 15 is 0 Å². The molecule has 0 amide bonds. The summed E-state index contributed by atoms with van der Waals surface area (Å²) in [5, 5.41) is 0. The van der Waals surface area contributed by atoms with Crippen molar-refractivity contribution in [1.29, 1.82) is 0 Å². The molecule has 0 bridgehead atoms. The first-order chi connectivity index (χ1) is 9.15. The Balaban J connectivity index is 1.89. The fourth-order valence-corrected chi connectivity index (χ4v) is 2.81. The lowest BCUT2D eigenvalue weighted by Crippen LogP contribution is -2.17. The Bertz CT molecular complexity index is 374. The van der Waals surface area contributed by atoms with Crippen LogP contribution in [-0.4, -0.2) is 6.61 Å². The molecule has 1 saturated carbocycles. The average Bonchev–Trinajstić information content (AvgIpc) is 2.40. The molecule has 2 rings (SSSR count).